The first-order chi connectivity index (χ1) is 20.5. The first-order valence-corrected chi connectivity index (χ1v) is 14.6. The Morgan fingerprint density at radius 2 is 1.33 bits per heavy atom. The van der Waals surface area contributed by atoms with Crippen molar-refractivity contribution in [3.05, 3.63) is 89.0 Å². The van der Waals surface area contributed by atoms with Gasteiger partial charge >= 0.3 is 12.2 Å². The predicted molar refractivity (Wildman–Crippen MR) is 162 cm³/mol. The molecule has 1 aliphatic rings. The van der Waals surface area contributed by atoms with Gasteiger partial charge in [0.25, 0.3) is 0 Å². The molecule has 0 saturated carbocycles. The molecule has 3 aromatic rings. The van der Waals surface area contributed by atoms with E-state index in [4.69, 9.17) is 14.2 Å². The van der Waals surface area contributed by atoms with Crippen LogP contribution in [0.3, 0.4) is 0 Å². The molecule has 0 spiro atoms. The SMILES string of the molecule is COCc1cccc(COC(=O)NCCCCCCCC(C)=O)c1NC(=O)OCC1c2ccccc2-c2ccccc21. The summed E-state index contributed by atoms with van der Waals surface area (Å²) in [6.45, 7) is 2.57. The normalized spacial score (nSPS) is 11.9. The molecule has 1 aliphatic carbocycles. The second-order valence-corrected chi connectivity index (χ2v) is 10.6. The van der Waals surface area contributed by atoms with E-state index in [1.54, 1.807) is 20.1 Å². The van der Waals surface area contributed by atoms with Crippen LogP contribution in [0.1, 0.15) is 73.6 Å². The molecule has 0 bridgehead atoms. The first-order valence-electron chi connectivity index (χ1n) is 14.6. The van der Waals surface area contributed by atoms with Gasteiger partial charge in [-0.1, -0.05) is 86.0 Å². The average molecular weight is 573 g/mol. The number of carbonyl (C=O) groups excluding carboxylic acids is 3. The molecular weight excluding hydrogens is 532 g/mol. The predicted octanol–water partition coefficient (Wildman–Crippen LogP) is 7.35. The van der Waals surface area contributed by atoms with E-state index in [9.17, 15) is 14.4 Å². The van der Waals surface area contributed by atoms with Gasteiger partial charge in [-0.25, -0.2) is 9.59 Å². The molecule has 0 aromatic heterocycles. The molecule has 0 atom stereocenters. The number of methoxy groups -OCH3 is 1. The number of anilines is 1. The van der Waals surface area contributed by atoms with Crippen LogP contribution in [0.2, 0.25) is 0 Å². The number of ketones is 1. The van der Waals surface area contributed by atoms with Gasteiger partial charge in [-0.05, 0) is 42.0 Å². The van der Waals surface area contributed by atoms with Crippen molar-refractivity contribution in [1.82, 2.24) is 5.32 Å². The second-order valence-electron chi connectivity index (χ2n) is 10.6. The highest BCUT2D eigenvalue weighted by molar-refractivity contribution is 5.87. The van der Waals surface area contributed by atoms with Crippen LogP contribution in [0, 0.1) is 0 Å². The summed E-state index contributed by atoms with van der Waals surface area (Å²) in [5.74, 6) is 0.174. The number of unbranched alkanes of at least 4 members (excludes halogenated alkanes) is 4. The molecule has 8 heteroatoms. The van der Waals surface area contributed by atoms with Crippen molar-refractivity contribution in [3.8, 4) is 11.1 Å². The van der Waals surface area contributed by atoms with Crippen LogP contribution in [0.5, 0.6) is 0 Å². The third-order valence-electron chi connectivity index (χ3n) is 7.44. The van der Waals surface area contributed by atoms with Crippen LogP contribution in [0.25, 0.3) is 11.1 Å². The molecule has 0 fully saturated rings. The van der Waals surface area contributed by atoms with Gasteiger partial charge in [-0.3, -0.25) is 5.32 Å². The molecule has 3 aromatic carbocycles. The van der Waals surface area contributed by atoms with Crippen molar-refractivity contribution in [1.29, 1.82) is 0 Å². The van der Waals surface area contributed by atoms with Gasteiger partial charge in [-0.2, -0.15) is 0 Å². The highest BCUT2D eigenvalue weighted by atomic mass is 16.6. The number of nitrogens with one attached hydrogen (secondary N) is 2. The summed E-state index contributed by atoms with van der Waals surface area (Å²) >= 11 is 0. The average Bonchev–Trinajstić information content (AvgIpc) is 3.31. The maximum absolute atomic E-state index is 13.0. The number of rotatable bonds is 15. The Labute approximate surface area is 247 Å². The quantitative estimate of drug-likeness (QED) is 0.185. The molecule has 2 amide bonds. The van der Waals surface area contributed by atoms with Gasteiger partial charge in [0.2, 0.25) is 0 Å². The Morgan fingerprint density at radius 3 is 2.00 bits per heavy atom. The minimum atomic E-state index is -0.589. The van der Waals surface area contributed by atoms with Crippen LogP contribution in [-0.2, 0) is 32.2 Å². The summed E-state index contributed by atoms with van der Waals surface area (Å²) < 4.78 is 16.5. The monoisotopic (exact) mass is 572 g/mol. The fourth-order valence-corrected chi connectivity index (χ4v) is 5.36. The number of carbonyl (C=O) groups is 3. The zero-order chi connectivity index (χ0) is 29.7. The Kier molecular flexibility index (Phi) is 11.5. The molecule has 0 aliphatic heterocycles. The minimum Gasteiger partial charge on any atom is -0.448 e. The number of Topliss-reactive ketones (excluding diaryl/α,β-unsaturated/α-hetero) is 1. The molecular formula is C34H40N2O6. The van der Waals surface area contributed by atoms with Gasteiger partial charge in [-0.15, -0.1) is 0 Å². The molecule has 222 valence electrons. The Morgan fingerprint density at radius 1 is 0.714 bits per heavy atom. The van der Waals surface area contributed by atoms with Gasteiger partial charge < -0.3 is 24.3 Å². The van der Waals surface area contributed by atoms with Crippen LogP contribution in [0.4, 0.5) is 15.3 Å². The lowest BCUT2D eigenvalue weighted by atomic mass is 9.98. The van der Waals surface area contributed by atoms with Crippen molar-refractivity contribution < 1.29 is 28.6 Å². The van der Waals surface area contributed by atoms with Crippen molar-refractivity contribution in [2.24, 2.45) is 0 Å². The molecule has 42 heavy (non-hydrogen) atoms. The molecule has 0 radical (unpaired) electrons. The minimum absolute atomic E-state index is 0.0204. The van der Waals surface area contributed by atoms with Gasteiger partial charge in [0, 0.05) is 37.1 Å². The van der Waals surface area contributed by atoms with Crippen molar-refractivity contribution in [2.75, 3.05) is 25.6 Å². The third-order valence-corrected chi connectivity index (χ3v) is 7.44. The van der Waals surface area contributed by atoms with Crippen LogP contribution in [-0.4, -0.2) is 38.2 Å². The lowest BCUT2D eigenvalue weighted by molar-refractivity contribution is -0.117. The van der Waals surface area contributed by atoms with E-state index in [-0.39, 0.29) is 31.5 Å². The fourth-order valence-electron chi connectivity index (χ4n) is 5.36. The van der Waals surface area contributed by atoms with E-state index in [0.717, 1.165) is 59.9 Å². The summed E-state index contributed by atoms with van der Waals surface area (Å²) in [4.78, 5) is 36.3. The highest BCUT2D eigenvalue weighted by Gasteiger charge is 2.29. The highest BCUT2D eigenvalue weighted by Crippen LogP contribution is 2.44. The molecule has 0 unspecified atom stereocenters. The summed E-state index contributed by atoms with van der Waals surface area (Å²) in [6.07, 6.45) is 4.31. The van der Waals surface area contributed by atoms with Crippen LogP contribution < -0.4 is 10.6 Å². The lowest BCUT2D eigenvalue weighted by Crippen LogP contribution is -2.25. The van der Waals surface area contributed by atoms with Gasteiger partial charge in [0.1, 0.15) is 19.0 Å². The molecule has 4 rings (SSSR count). The van der Waals surface area contributed by atoms with E-state index < -0.39 is 12.2 Å². The number of para-hydroxylation sites is 1. The van der Waals surface area contributed by atoms with E-state index >= 15 is 0 Å². The molecule has 8 nitrogen and oxygen atoms in total. The first kappa shape index (κ1) is 30.8. The number of fused-ring (bicyclic) bond motifs is 3. The Balaban J connectivity index is 1.29. The van der Waals surface area contributed by atoms with E-state index in [1.165, 1.54) is 0 Å². The third kappa shape index (κ3) is 8.42. The summed E-state index contributed by atoms with van der Waals surface area (Å²) in [5, 5.41) is 5.65. The second kappa shape index (κ2) is 15.7. The number of hydrogen-bond donors (Lipinski definition) is 2. The smallest absolute Gasteiger partial charge is 0.411 e. The van der Waals surface area contributed by atoms with Crippen LogP contribution >= 0.6 is 0 Å². The molecule has 2 N–H and O–H groups in total. The zero-order valence-electron chi connectivity index (χ0n) is 24.4. The Bertz CT molecular complexity index is 1330. The number of benzene rings is 3. The van der Waals surface area contributed by atoms with Gasteiger partial charge in [0.15, 0.2) is 0 Å². The number of ether oxygens (including phenoxy) is 3. The topological polar surface area (TPSA) is 103 Å². The number of hydrogen-bond acceptors (Lipinski definition) is 6. The summed E-state index contributed by atoms with van der Waals surface area (Å²) in [7, 11) is 1.58. The largest absolute Gasteiger partial charge is 0.448 e. The van der Waals surface area contributed by atoms with Gasteiger partial charge in [0.05, 0.1) is 12.3 Å². The zero-order valence-corrected chi connectivity index (χ0v) is 24.4. The number of amides is 2. The van der Waals surface area contributed by atoms with Crippen molar-refractivity contribution in [3.63, 3.8) is 0 Å². The lowest BCUT2D eigenvalue weighted by Gasteiger charge is -2.18. The van der Waals surface area contributed by atoms with E-state index in [1.807, 2.05) is 36.4 Å². The standard InChI is InChI=1S/C34H40N2O6/c1-24(37)13-6-4-3-5-11-20-35-33(38)41-22-26-15-12-14-25(21-40-2)32(26)36-34(39)42-23-31-29-18-9-7-16-27(29)28-17-8-10-19-30(28)31/h7-10,12,14-19,31H,3-6,11,13,20-23H2,1-2H3,(H,35,38)(H,36,39). The summed E-state index contributed by atoms with van der Waals surface area (Å²) in [5.41, 5.74) is 6.49. The number of alkyl carbamates (subject to hydrolysis) is 1. The van der Waals surface area contributed by atoms with E-state index in [0.29, 0.717) is 24.2 Å². The molecule has 0 saturated heterocycles. The maximum atomic E-state index is 13.0. The van der Waals surface area contributed by atoms with Crippen molar-refractivity contribution >= 4 is 23.7 Å². The van der Waals surface area contributed by atoms with Crippen LogP contribution in [0.15, 0.2) is 66.7 Å². The summed E-state index contributed by atoms with van der Waals surface area (Å²) in [6, 6.07) is 21.9. The Hall–Kier alpha value is -4.17. The van der Waals surface area contributed by atoms with Crippen molar-refractivity contribution in [2.45, 2.75) is 64.6 Å². The van der Waals surface area contributed by atoms with E-state index in [2.05, 4.69) is 34.9 Å². The maximum Gasteiger partial charge on any atom is 0.411 e. The fraction of sp³-hybridized carbons (Fsp3) is 0.382. The molecule has 0 heterocycles.